The molecule has 1 heterocycles. The normalized spacial score (nSPS) is 12.0. The van der Waals surface area contributed by atoms with Gasteiger partial charge >= 0.3 is 5.97 Å². The molecule has 0 spiro atoms. The number of hydrogen-bond acceptors (Lipinski definition) is 3. The van der Waals surface area contributed by atoms with Crippen LogP contribution in [0.4, 0.5) is 0 Å². The Bertz CT molecular complexity index is 883. The van der Waals surface area contributed by atoms with E-state index < -0.39 is 5.97 Å². The van der Waals surface area contributed by atoms with Gasteiger partial charge in [0, 0.05) is 0 Å². The monoisotopic (exact) mass is 278 g/mol. The lowest BCUT2D eigenvalue weighted by Gasteiger charge is -2.22. The number of hydrogen-bond donors (Lipinski definition) is 1. The van der Waals surface area contributed by atoms with Crippen molar-refractivity contribution in [2.24, 2.45) is 0 Å². The van der Waals surface area contributed by atoms with Gasteiger partial charge in [0.05, 0.1) is 0 Å². The van der Waals surface area contributed by atoms with Crippen molar-refractivity contribution in [1.82, 2.24) is 0 Å². The molecule has 1 aliphatic heterocycles. The highest BCUT2D eigenvalue weighted by molar-refractivity contribution is 5.93. The molecule has 4 heteroatoms. The van der Waals surface area contributed by atoms with E-state index in [0.29, 0.717) is 17.2 Å². The summed E-state index contributed by atoms with van der Waals surface area (Å²) in [5.41, 5.74) is 0.0892. The highest BCUT2D eigenvalue weighted by Crippen LogP contribution is 2.48. The first-order chi connectivity index (χ1) is 10.2. The molecule has 0 amide bonds. The first-order valence-corrected chi connectivity index (χ1v) is 6.47. The molecule has 102 valence electrons. The van der Waals surface area contributed by atoms with Crippen LogP contribution in [0, 0.1) is 0 Å². The molecule has 1 N–H and O–H groups in total. The minimum absolute atomic E-state index is 0.0892. The SMILES string of the molecule is O=C(O)c1cccc2c1Oc1cc3ccccc3cc1O2. The lowest BCUT2D eigenvalue weighted by molar-refractivity contribution is 0.0693. The average molecular weight is 278 g/mol. The van der Waals surface area contributed by atoms with Gasteiger partial charge in [-0.05, 0) is 35.0 Å². The average Bonchev–Trinajstić information content (AvgIpc) is 2.50. The second kappa shape index (κ2) is 4.24. The zero-order valence-electron chi connectivity index (χ0n) is 10.9. The van der Waals surface area contributed by atoms with Crippen LogP contribution < -0.4 is 9.47 Å². The molecule has 3 aromatic carbocycles. The molecule has 0 bridgehead atoms. The molecule has 0 unspecified atom stereocenters. The number of para-hydroxylation sites is 1. The molecule has 4 nitrogen and oxygen atoms in total. The van der Waals surface area contributed by atoms with Crippen molar-refractivity contribution in [3.05, 3.63) is 60.2 Å². The van der Waals surface area contributed by atoms with Crippen molar-refractivity contribution in [3.8, 4) is 23.0 Å². The number of ether oxygens (including phenoxy) is 2. The molecule has 0 aliphatic carbocycles. The van der Waals surface area contributed by atoms with Gasteiger partial charge in [0.25, 0.3) is 0 Å². The van der Waals surface area contributed by atoms with E-state index in [2.05, 4.69) is 0 Å². The van der Waals surface area contributed by atoms with Crippen LogP contribution >= 0.6 is 0 Å². The topological polar surface area (TPSA) is 55.8 Å². The van der Waals surface area contributed by atoms with E-state index >= 15 is 0 Å². The zero-order chi connectivity index (χ0) is 14.4. The fraction of sp³-hybridized carbons (Fsp3) is 0. The maximum absolute atomic E-state index is 11.3. The summed E-state index contributed by atoms with van der Waals surface area (Å²) in [6, 6.07) is 16.4. The van der Waals surface area contributed by atoms with E-state index in [9.17, 15) is 9.90 Å². The third-order valence-electron chi connectivity index (χ3n) is 3.45. The first-order valence-electron chi connectivity index (χ1n) is 6.47. The smallest absolute Gasteiger partial charge is 0.339 e. The van der Waals surface area contributed by atoms with E-state index in [1.54, 1.807) is 12.1 Å². The number of carboxylic acid groups (broad SMARTS) is 1. The molecule has 0 radical (unpaired) electrons. The van der Waals surface area contributed by atoms with Crippen molar-refractivity contribution in [3.63, 3.8) is 0 Å². The summed E-state index contributed by atoms with van der Waals surface area (Å²) in [5.74, 6) is 0.726. The minimum atomic E-state index is -1.04. The Hall–Kier alpha value is -3.01. The number of aromatic carboxylic acids is 1. The maximum atomic E-state index is 11.3. The van der Waals surface area contributed by atoms with E-state index in [1.807, 2.05) is 36.4 Å². The summed E-state index contributed by atoms with van der Waals surface area (Å²) < 4.78 is 11.6. The molecule has 4 rings (SSSR count). The van der Waals surface area contributed by atoms with Crippen LogP contribution in [0.25, 0.3) is 10.8 Å². The van der Waals surface area contributed by atoms with Crippen LogP contribution in [0.15, 0.2) is 54.6 Å². The Morgan fingerprint density at radius 3 is 2.14 bits per heavy atom. The predicted octanol–water partition coefficient (Wildman–Crippen LogP) is 4.44. The largest absolute Gasteiger partial charge is 0.478 e. The van der Waals surface area contributed by atoms with Crippen LogP contribution in [0.1, 0.15) is 10.4 Å². The molecular formula is C17H10O4. The van der Waals surface area contributed by atoms with Crippen molar-refractivity contribution >= 4 is 16.7 Å². The van der Waals surface area contributed by atoms with E-state index in [0.717, 1.165) is 10.8 Å². The highest BCUT2D eigenvalue weighted by Gasteiger charge is 2.24. The first kappa shape index (κ1) is 11.8. The number of carbonyl (C=O) groups is 1. The van der Waals surface area contributed by atoms with Crippen LogP contribution in [0.2, 0.25) is 0 Å². The lowest BCUT2D eigenvalue weighted by Crippen LogP contribution is -2.05. The fourth-order valence-electron chi connectivity index (χ4n) is 2.46. The Morgan fingerprint density at radius 1 is 0.810 bits per heavy atom. The highest BCUT2D eigenvalue weighted by atomic mass is 16.6. The Labute approximate surface area is 120 Å². The third-order valence-corrected chi connectivity index (χ3v) is 3.45. The summed E-state index contributed by atoms with van der Waals surface area (Å²) >= 11 is 0. The molecule has 0 aromatic heterocycles. The van der Waals surface area contributed by atoms with Gasteiger partial charge in [-0.1, -0.05) is 30.3 Å². The second-order valence-corrected chi connectivity index (χ2v) is 4.79. The van der Waals surface area contributed by atoms with Crippen molar-refractivity contribution in [1.29, 1.82) is 0 Å². The molecule has 0 saturated heterocycles. The lowest BCUT2D eigenvalue weighted by atomic mass is 10.1. The molecule has 0 atom stereocenters. The van der Waals surface area contributed by atoms with Crippen LogP contribution in [0.3, 0.4) is 0 Å². The summed E-state index contributed by atoms with van der Waals surface area (Å²) in [6.45, 7) is 0. The summed E-state index contributed by atoms with van der Waals surface area (Å²) in [4.78, 5) is 11.3. The van der Waals surface area contributed by atoms with E-state index in [-0.39, 0.29) is 11.3 Å². The Balaban J connectivity index is 1.90. The standard InChI is InChI=1S/C17H10O4/c18-17(19)12-6-3-7-13-16(12)21-15-9-11-5-2-1-4-10(11)8-14(15)20-13/h1-9H,(H,18,19). The van der Waals surface area contributed by atoms with Crippen molar-refractivity contribution in [2.75, 3.05) is 0 Å². The molecule has 3 aromatic rings. The quantitative estimate of drug-likeness (QED) is 0.559. The summed E-state index contributed by atoms with van der Waals surface area (Å²) in [5, 5.41) is 11.3. The maximum Gasteiger partial charge on any atom is 0.339 e. The van der Waals surface area contributed by atoms with Gasteiger partial charge in [0.15, 0.2) is 23.0 Å². The van der Waals surface area contributed by atoms with Gasteiger partial charge < -0.3 is 14.6 Å². The van der Waals surface area contributed by atoms with Gasteiger partial charge in [-0.25, -0.2) is 4.79 Å². The van der Waals surface area contributed by atoms with Gasteiger partial charge in [-0.2, -0.15) is 0 Å². The van der Waals surface area contributed by atoms with Gasteiger partial charge in [-0.15, -0.1) is 0 Å². The number of benzene rings is 3. The predicted molar refractivity (Wildman–Crippen MR) is 77.5 cm³/mol. The Kier molecular flexibility index (Phi) is 2.38. The van der Waals surface area contributed by atoms with Crippen molar-refractivity contribution in [2.45, 2.75) is 0 Å². The van der Waals surface area contributed by atoms with Crippen molar-refractivity contribution < 1.29 is 19.4 Å². The van der Waals surface area contributed by atoms with E-state index in [4.69, 9.17) is 9.47 Å². The van der Waals surface area contributed by atoms with Gasteiger partial charge in [-0.3, -0.25) is 0 Å². The third kappa shape index (κ3) is 1.80. The number of fused-ring (bicyclic) bond motifs is 3. The zero-order valence-corrected chi connectivity index (χ0v) is 10.9. The molecule has 0 fully saturated rings. The fourth-order valence-corrected chi connectivity index (χ4v) is 2.46. The van der Waals surface area contributed by atoms with Gasteiger partial charge in [0.1, 0.15) is 5.56 Å². The molecule has 21 heavy (non-hydrogen) atoms. The summed E-state index contributed by atoms with van der Waals surface area (Å²) in [7, 11) is 0. The molecule has 1 aliphatic rings. The second-order valence-electron chi connectivity index (χ2n) is 4.79. The Morgan fingerprint density at radius 2 is 1.48 bits per heavy atom. The van der Waals surface area contributed by atoms with Crippen LogP contribution in [-0.4, -0.2) is 11.1 Å². The van der Waals surface area contributed by atoms with Crippen LogP contribution in [0.5, 0.6) is 23.0 Å². The molecular weight excluding hydrogens is 268 g/mol. The summed E-state index contributed by atoms with van der Waals surface area (Å²) in [6.07, 6.45) is 0. The number of carboxylic acids is 1. The van der Waals surface area contributed by atoms with Gasteiger partial charge in [0.2, 0.25) is 0 Å². The number of rotatable bonds is 1. The minimum Gasteiger partial charge on any atom is -0.478 e. The molecule has 0 saturated carbocycles. The van der Waals surface area contributed by atoms with E-state index in [1.165, 1.54) is 6.07 Å². The van der Waals surface area contributed by atoms with Crippen LogP contribution in [-0.2, 0) is 0 Å².